The van der Waals surface area contributed by atoms with E-state index in [0.29, 0.717) is 5.69 Å². The van der Waals surface area contributed by atoms with Crippen LogP contribution in [0.25, 0.3) is 0 Å². The third-order valence-electron chi connectivity index (χ3n) is 6.60. The summed E-state index contributed by atoms with van der Waals surface area (Å²) in [4.78, 5) is 15.9. The van der Waals surface area contributed by atoms with Crippen LogP contribution in [0.4, 0.5) is 5.69 Å². The minimum atomic E-state index is -3.29. The van der Waals surface area contributed by atoms with Crippen LogP contribution in [-0.4, -0.2) is 38.9 Å². The summed E-state index contributed by atoms with van der Waals surface area (Å²) in [6.07, 6.45) is 4.00. The molecule has 1 saturated heterocycles. The zero-order valence-corrected chi connectivity index (χ0v) is 17.7. The number of hydrogen-bond donors (Lipinski definition) is 2. The molecule has 5 rings (SSSR count). The molecule has 2 aliphatic heterocycles. The van der Waals surface area contributed by atoms with Crippen LogP contribution in [-0.2, 0) is 26.0 Å². The van der Waals surface area contributed by atoms with E-state index in [2.05, 4.69) is 27.1 Å². The van der Waals surface area contributed by atoms with E-state index in [1.807, 2.05) is 36.4 Å². The van der Waals surface area contributed by atoms with Gasteiger partial charge in [-0.15, -0.1) is 0 Å². The van der Waals surface area contributed by atoms with Gasteiger partial charge in [-0.25, -0.2) is 8.42 Å². The van der Waals surface area contributed by atoms with E-state index in [1.165, 1.54) is 12.8 Å². The zero-order chi connectivity index (χ0) is 20.8. The normalized spacial score (nSPS) is 22.1. The Balaban J connectivity index is 1.38. The molecule has 0 spiro atoms. The Morgan fingerprint density at radius 3 is 2.53 bits per heavy atom. The molecule has 2 aromatic carbocycles. The number of fused-ring (bicyclic) bond motifs is 1. The first-order valence-corrected chi connectivity index (χ1v) is 12.3. The molecule has 0 radical (unpaired) electrons. The molecule has 30 heavy (non-hydrogen) atoms. The average molecular weight is 426 g/mol. The second kappa shape index (κ2) is 7.39. The van der Waals surface area contributed by atoms with Crippen molar-refractivity contribution in [3.63, 3.8) is 0 Å². The lowest BCUT2D eigenvalue weighted by atomic mass is 9.92. The maximum atomic E-state index is 13.4. The first-order chi connectivity index (χ1) is 14.5. The quantitative estimate of drug-likeness (QED) is 0.746. The minimum Gasteiger partial charge on any atom is -0.347 e. The summed E-state index contributed by atoms with van der Waals surface area (Å²) in [6.45, 7) is 2.97. The maximum Gasteiger partial charge on any atom is 0.237 e. The zero-order valence-electron chi connectivity index (χ0n) is 16.9. The lowest BCUT2D eigenvalue weighted by Gasteiger charge is -2.27. The van der Waals surface area contributed by atoms with Crippen LogP contribution in [0, 0.1) is 0 Å². The lowest BCUT2D eigenvalue weighted by molar-refractivity contribution is -0.124. The van der Waals surface area contributed by atoms with Gasteiger partial charge in [-0.05, 0) is 61.5 Å². The van der Waals surface area contributed by atoms with Crippen molar-refractivity contribution in [3.05, 3.63) is 65.2 Å². The molecule has 0 bridgehead atoms. The van der Waals surface area contributed by atoms with Gasteiger partial charge in [-0.3, -0.25) is 9.52 Å². The van der Waals surface area contributed by atoms with E-state index in [4.69, 9.17) is 0 Å². The van der Waals surface area contributed by atoms with E-state index < -0.39 is 15.4 Å². The molecule has 0 aromatic heterocycles. The number of likely N-dealkylation sites (tertiary alicyclic amines) is 1. The van der Waals surface area contributed by atoms with Crippen LogP contribution in [0.2, 0.25) is 0 Å². The summed E-state index contributed by atoms with van der Waals surface area (Å²) in [7, 11) is -3.29. The number of hydrogen-bond acceptors (Lipinski definition) is 4. The predicted molar refractivity (Wildman–Crippen MR) is 117 cm³/mol. The second-order valence-electron chi connectivity index (χ2n) is 8.76. The van der Waals surface area contributed by atoms with Gasteiger partial charge in [0.15, 0.2) is 0 Å². The molecular formula is C23H27N3O3S. The molecule has 2 heterocycles. The Labute approximate surface area is 177 Å². The van der Waals surface area contributed by atoms with Crippen molar-refractivity contribution >= 4 is 21.6 Å². The fraction of sp³-hybridized carbons (Fsp3) is 0.435. The topological polar surface area (TPSA) is 78.5 Å². The molecule has 1 amide bonds. The Bertz CT molecular complexity index is 1060. The van der Waals surface area contributed by atoms with Gasteiger partial charge >= 0.3 is 0 Å². The Kier molecular flexibility index (Phi) is 4.82. The van der Waals surface area contributed by atoms with Crippen molar-refractivity contribution in [3.8, 4) is 0 Å². The fourth-order valence-corrected chi connectivity index (χ4v) is 5.97. The highest BCUT2D eigenvalue weighted by Gasteiger charge is 2.52. The van der Waals surface area contributed by atoms with Gasteiger partial charge in [-0.2, -0.15) is 0 Å². The molecule has 1 saturated carbocycles. The van der Waals surface area contributed by atoms with Crippen molar-refractivity contribution in [2.45, 2.75) is 42.9 Å². The van der Waals surface area contributed by atoms with E-state index in [1.54, 1.807) is 0 Å². The van der Waals surface area contributed by atoms with Crippen molar-refractivity contribution in [2.24, 2.45) is 0 Å². The number of anilines is 1. The fourth-order valence-electron chi connectivity index (χ4n) is 4.71. The first-order valence-electron chi connectivity index (χ1n) is 10.7. The molecule has 2 N–H and O–H groups in total. The highest BCUT2D eigenvalue weighted by atomic mass is 32.2. The smallest absolute Gasteiger partial charge is 0.237 e. The van der Waals surface area contributed by atoms with E-state index >= 15 is 0 Å². The van der Waals surface area contributed by atoms with Crippen LogP contribution in [0.1, 0.15) is 48.4 Å². The highest BCUT2D eigenvalue weighted by Crippen LogP contribution is 2.50. The van der Waals surface area contributed by atoms with Gasteiger partial charge in [0.25, 0.3) is 0 Å². The van der Waals surface area contributed by atoms with Crippen LogP contribution in [0.5, 0.6) is 0 Å². The van der Waals surface area contributed by atoms with Crippen molar-refractivity contribution in [2.75, 3.05) is 24.4 Å². The standard InChI is InChI=1S/C23H27N3O3S/c27-22(24-21(15-26-12-4-5-13-26)17-6-2-1-3-7-17)23(10-11-23)19-9-8-18-16-30(28,29)25-20(18)14-19/h1-3,6-9,14,21,25H,4-5,10-13,15-16H2,(H,24,27)/t21-/m1/s1. The monoisotopic (exact) mass is 425 g/mol. The average Bonchev–Trinajstić information content (AvgIpc) is 3.26. The maximum absolute atomic E-state index is 13.4. The molecule has 0 unspecified atom stereocenters. The van der Waals surface area contributed by atoms with E-state index in [9.17, 15) is 13.2 Å². The molecule has 7 heteroatoms. The summed E-state index contributed by atoms with van der Waals surface area (Å²) in [5.74, 6) is 0.0460. The first kappa shape index (κ1) is 19.6. The van der Waals surface area contributed by atoms with E-state index in [-0.39, 0.29) is 17.7 Å². The largest absolute Gasteiger partial charge is 0.347 e. The number of carbonyl (C=O) groups is 1. The number of nitrogens with one attached hydrogen (secondary N) is 2. The number of amides is 1. The van der Waals surface area contributed by atoms with Crippen molar-refractivity contribution < 1.29 is 13.2 Å². The van der Waals surface area contributed by atoms with E-state index in [0.717, 1.165) is 49.2 Å². The summed E-state index contributed by atoms with van der Waals surface area (Å²) in [5.41, 5.74) is 2.85. The number of rotatable bonds is 6. The van der Waals surface area contributed by atoms with Crippen LogP contribution in [0.15, 0.2) is 48.5 Å². The Morgan fingerprint density at radius 1 is 1.10 bits per heavy atom. The highest BCUT2D eigenvalue weighted by molar-refractivity contribution is 7.92. The Morgan fingerprint density at radius 2 is 1.83 bits per heavy atom. The Hall–Kier alpha value is -2.38. The molecule has 3 aliphatic rings. The molecule has 1 atom stereocenters. The predicted octanol–water partition coefficient (Wildman–Crippen LogP) is 2.93. The molecule has 6 nitrogen and oxygen atoms in total. The molecule has 1 aliphatic carbocycles. The molecular weight excluding hydrogens is 398 g/mol. The number of nitrogens with zero attached hydrogens (tertiary/aromatic N) is 1. The van der Waals surface area contributed by atoms with Gasteiger partial charge < -0.3 is 10.2 Å². The molecule has 2 aromatic rings. The van der Waals surface area contributed by atoms with Gasteiger partial charge in [-0.1, -0.05) is 42.5 Å². The number of benzene rings is 2. The van der Waals surface area contributed by atoms with Gasteiger partial charge in [0.05, 0.1) is 22.9 Å². The third kappa shape index (κ3) is 3.72. The van der Waals surface area contributed by atoms with Crippen molar-refractivity contribution in [1.29, 1.82) is 0 Å². The minimum absolute atomic E-state index is 0.00766. The second-order valence-corrected chi connectivity index (χ2v) is 10.5. The summed E-state index contributed by atoms with van der Waals surface area (Å²) >= 11 is 0. The summed E-state index contributed by atoms with van der Waals surface area (Å²) < 4.78 is 26.3. The molecule has 2 fully saturated rings. The third-order valence-corrected chi connectivity index (χ3v) is 7.83. The van der Waals surface area contributed by atoms with Crippen LogP contribution < -0.4 is 10.0 Å². The van der Waals surface area contributed by atoms with Crippen LogP contribution >= 0.6 is 0 Å². The molecule has 158 valence electrons. The van der Waals surface area contributed by atoms with Gasteiger partial charge in [0, 0.05) is 6.54 Å². The summed E-state index contributed by atoms with van der Waals surface area (Å²) in [5, 5.41) is 3.33. The number of sulfonamides is 1. The van der Waals surface area contributed by atoms with Crippen LogP contribution in [0.3, 0.4) is 0 Å². The summed E-state index contributed by atoms with van der Waals surface area (Å²) in [6, 6.07) is 15.7. The SMILES string of the molecule is O=C(N[C@H](CN1CCCC1)c1ccccc1)C1(c2ccc3c(c2)NS(=O)(=O)C3)CC1. The lowest BCUT2D eigenvalue weighted by Crippen LogP contribution is -2.41. The van der Waals surface area contributed by atoms with Crippen molar-refractivity contribution in [1.82, 2.24) is 10.2 Å². The van der Waals surface area contributed by atoms with Gasteiger partial charge in [0.1, 0.15) is 0 Å². The number of carbonyl (C=O) groups excluding carboxylic acids is 1. The van der Waals surface area contributed by atoms with Gasteiger partial charge in [0.2, 0.25) is 15.9 Å².